The van der Waals surface area contributed by atoms with Gasteiger partial charge in [0.1, 0.15) is 11.3 Å². The number of methoxy groups -OCH3 is 1. The van der Waals surface area contributed by atoms with E-state index in [1.807, 2.05) is 12.1 Å². The van der Waals surface area contributed by atoms with Crippen LogP contribution >= 0.6 is 0 Å². The van der Waals surface area contributed by atoms with E-state index in [-0.39, 0.29) is 5.56 Å². The van der Waals surface area contributed by atoms with Crippen LogP contribution in [0.15, 0.2) is 18.2 Å². The van der Waals surface area contributed by atoms with Crippen LogP contribution in [0, 0.1) is 0 Å². The number of rotatable bonds is 4. The van der Waals surface area contributed by atoms with Gasteiger partial charge in [-0.3, -0.25) is 4.90 Å². The number of aromatic carboxylic acids is 1. The van der Waals surface area contributed by atoms with Crippen LogP contribution in [-0.4, -0.2) is 36.2 Å². The summed E-state index contributed by atoms with van der Waals surface area (Å²) in [6.07, 6.45) is 3.83. The molecule has 0 spiro atoms. The van der Waals surface area contributed by atoms with Gasteiger partial charge < -0.3 is 9.84 Å². The Morgan fingerprint density at radius 1 is 1.33 bits per heavy atom. The fourth-order valence-electron chi connectivity index (χ4n) is 2.39. The molecule has 4 heteroatoms. The molecule has 1 aromatic rings. The molecule has 1 aromatic carbocycles. The largest absolute Gasteiger partial charge is 0.496 e. The second kappa shape index (κ2) is 5.87. The summed E-state index contributed by atoms with van der Waals surface area (Å²) in [6.45, 7) is 3.13. The van der Waals surface area contributed by atoms with Crippen molar-refractivity contribution in [3.8, 4) is 5.75 Å². The second-order valence-corrected chi connectivity index (χ2v) is 4.68. The van der Waals surface area contributed by atoms with E-state index in [9.17, 15) is 4.79 Å². The molecule has 0 aliphatic carbocycles. The van der Waals surface area contributed by atoms with Crippen LogP contribution in [0.2, 0.25) is 0 Å². The van der Waals surface area contributed by atoms with Gasteiger partial charge in [-0.15, -0.1) is 0 Å². The number of carbonyl (C=O) groups is 1. The molecule has 1 aliphatic rings. The highest BCUT2D eigenvalue weighted by Crippen LogP contribution is 2.22. The SMILES string of the molecule is COc1cc(CN2CCCCC2)ccc1C(=O)O. The van der Waals surface area contributed by atoms with E-state index in [0.29, 0.717) is 5.75 Å². The standard InChI is InChI=1S/C14H19NO3/c1-18-13-9-11(5-6-12(13)14(16)17)10-15-7-3-2-4-8-15/h5-6,9H,2-4,7-8,10H2,1H3,(H,16,17). The monoisotopic (exact) mass is 249 g/mol. The molecule has 4 nitrogen and oxygen atoms in total. The van der Waals surface area contributed by atoms with Crippen molar-refractivity contribution in [2.75, 3.05) is 20.2 Å². The van der Waals surface area contributed by atoms with Crippen LogP contribution in [0.1, 0.15) is 35.2 Å². The zero-order valence-electron chi connectivity index (χ0n) is 10.7. The first-order chi connectivity index (χ1) is 8.70. The van der Waals surface area contributed by atoms with E-state index in [1.54, 1.807) is 6.07 Å². The quantitative estimate of drug-likeness (QED) is 0.890. The predicted molar refractivity (Wildman–Crippen MR) is 69.1 cm³/mol. The molecule has 1 N–H and O–H groups in total. The number of benzene rings is 1. The van der Waals surface area contributed by atoms with E-state index < -0.39 is 5.97 Å². The number of ether oxygens (including phenoxy) is 1. The number of hydrogen-bond donors (Lipinski definition) is 1. The predicted octanol–water partition coefficient (Wildman–Crippen LogP) is 2.38. The molecular formula is C14H19NO3. The minimum Gasteiger partial charge on any atom is -0.496 e. The first-order valence-corrected chi connectivity index (χ1v) is 6.33. The Morgan fingerprint density at radius 3 is 2.67 bits per heavy atom. The average Bonchev–Trinajstić information content (AvgIpc) is 2.39. The highest BCUT2D eigenvalue weighted by atomic mass is 16.5. The first kappa shape index (κ1) is 12.9. The number of likely N-dealkylation sites (tertiary alicyclic amines) is 1. The van der Waals surface area contributed by atoms with Gasteiger partial charge in [-0.2, -0.15) is 0 Å². The van der Waals surface area contributed by atoms with Gasteiger partial charge in [-0.25, -0.2) is 4.79 Å². The van der Waals surface area contributed by atoms with E-state index in [0.717, 1.165) is 25.2 Å². The molecular weight excluding hydrogens is 230 g/mol. The Kier molecular flexibility index (Phi) is 4.20. The van der Waals surface area contributed by atoms with Crippen molar-refractivity contribution in [2.24, 2.45) is 0 Å². The molecule has 1 saturated heterocycles. The number of hydrogen-bond acceptors (Lipinski definition) is 3. The highest BCUT2D eigenvalue weighted by Gasteiger charge is 2.14. The van der Waals surface area contributed by atoms with Crippen LogP contribution in [0.25, 0.3) is 0 Å². The van der Waals surface area contributed by atoms with Gasteiger partial charge in [0.15, 0.2) is 0 Å². The summed E-state index contributed by atoms with van der Waals surface area (Å²) in [7, 11) is 1.51. The lowest BCUT2D eigenvalue weighted by Gasteiger charge is -2.26. The highest BCUT2D eigenvalue weighted by molar-refractivity contribution is 5.90. The van der Waals surface area contributed by atoms with Gasteiger partial charge in [0, 0.05) is 6.54 Å². The van der Waals surface area contributed by atoms with Crippen molar-refractivity contribution in [2.45, 2.75) is 25.8 Å². The van der Waals surface area contributed by atoms with Gasteiger partial charge in [0.2, 0.25) is 0 Å². The first-order valence-electron chi connectivity index (χ1n) is 6.33. The lowest BCUT2D eigenvalue weighted by molar-refractivity contribution is 0.0693. The topological polar surface area (TPSA) is 49.8 Å². The Morgan fingerprint density at radius 2 is 2.06 bits per heavy atom. The van der Waals surface area contributed by atoms with E-state index >= 15 is 0 Å². The minimum absolute atomic E-state index is 0.222. The lowest BCUT2D eigenvalue weighted by Crippen LogP contribution is -2.29. The maximum absolute atomic E-state index is 11.0. The molecule has 1 fully saturated rings. The fraction of sp³-hybridized carbons (Fsp3) is 0.500. The van der Waals surface area contributed by atoms with Gasteiger partial charge in [0.05, 0.1) is 7.11 Å². The molecule has 0 atom stereocenters. The zero-order chi connectivity index (χ0) is 13.0. The molecule has 0 radical (unpaired) electrons. The second-order valence-electron chi connectivity index (χ2n) is 4.68. The molecule has 0 saturated carbocycles. The molecule has 1 heterocycles. The number of carboxylic acids is 1. The van der Waals surface area contributed by atoms with Crippen LogP contribution < -0.4 is 4.74 Å². The number of nitrogens with zero attached hydrogens (tertiary/aromatic N) is 1. The molecule has 1 aliphatic heterocycles. The van der Waals surface area contributed by atoms with Gasteiger partial charge in [-0.05, 0) is 43.6 Å². The number of piperidine rings is 1. The minimum atomic E-state index is -0.948. The summed E-state index contributed by atoms with van der Waals surface area (Å²) in [5.74, 6) is -0.506. The number of carboxylic acid groups (broad SMARTS) is 1. The Hall–Kier alpha value is -1.55. The molecule has 0 aromatic heterocycles. The summed E-state index contributed by atoms with van der Waals surface area (Å²) < 4.78 is 5.14. The summed E-state index contributed by atoms with van der Waals surface area (Å²) >= 11 is 0. The molecule has 2 rings (SSSR count). The Balaban J connectivity index is 2.11. The Bertz CT molecular complexity index is 425. The van der Waals surface area contributed by atoms with Crippen molar-refractivity contribution >= 4 is 5.97 Å². The molecule has 98 valence electrons. The van der Waals surface area contributed by atoms with Crippen LogP contribution in [0.5, 0.6) is 5.75 Å². The van der Waals surface area contributed by atoms with Crippen LogP contribution in [-0.2, 0) is 6.54 Å². The smallest absolute Gasteiger partial charge is 0.339 e. The van der Waals surface area contributed by atoms with Crippen LogP contribution in [0.3, 0.4) is 0 Å². The zero-order valence-corrected chi connectivity index (χ0v) is 10.7. The molecule has 0 amide bonds. The van der Waals surface area contributed by atoms with E-state index in [4.69, 9.17) is 9.84 Å². The van der Waals surface area contributed by atoms with Gasteiger partial charge in [0.25, 0.3) is 0 Å². The maximum atomic E-state index is 11.0. The van der Waals surface area contributed by atoms with E-state index in [1.165, 1.54) is 26.4 Å². The summed E-state index contributed by atoms with van der Waals surface area (Å²) in [5.41, 5.74) is 1.33. The van der Waals surface area contributed by atoms with Crippen molar-refractivity contribution in [1.82, 2.24) is 4.90 Å². The fourth-order valence-corrected chi connectivity index (χ4v) is 2.39. The van der Waals surface area contributed by atoms with Gasteiger partial charge >= 0.3 is 5.97 Å². The van der Waals surface area contributed by atoms with Crippen LogP contribution in [0.4, 0.5) is 0 Å². The maximum Gasteiger partial charge on any atom is 0.339 e. The molecule has 0 bridgehead atoms. The average molecular weight is 249 g/mol. The van der Waals surface area contributed by atoms with Gasteiger partial charge in [-0.1, -0.05) is 12.5 Å². The molecule has 0 unspecified atom stereocenters. The van der Waals surface area contributed by atoms with Crippen molar-refractivity contribution < 1.29 is 14.6 Å². The summed E-state index contributed by atoms with van der Waals surface area (Å²) in [6, 6.07) is 5.33. The van der Waals surface area contributed by atoms with Crippen molar-refractivity contribution in [1.29, 1.82) is 0 Å². The third-order valence-corrected chi connectivity index (χ3v) is 3.35. The Labute approximate surface area is 107 Å². The molecule has 18 heavy (non-hydrogen) atoms. The summed E-state index contributed by atoms with van der Waals surface area (Å²) in [4.78, 5) is 13.4. The normalized spacial score (nSPS) is 16.5. The summed E-state index contributed by atoms with van der Waals surface area (Å²) in [5, 5.41) is 9.02. The van der Waals surface area contributed by atoms with Crippen molar-refractivity contribution in [3.05, 3.63) is 29.3 Å². The van der Waals surface area contributed by atoms with E-state index in [2.05, 4.69) is 4.90 Å². The lowest BCUT2D eigenvalue weighted by atomic mass is 10.1. The third kappa shape index (κ3) is 3.01. The van der Waals surface area contributed by atoms with Crippen molar-refractivity contribution in [3.63, 3.8) is 0 Å². The third-order valence-electron chi connectivity index (χ3n) is 3.35.